The fraction of sp³-hybridized carbons (Fsp3) is 0.500. The summed E-state index contributed by atoms with van der Waals surface area (Å²) < 4.78 is 0. The van der Waals surface area contributed by atoms with Crippen molar-refractivity contribution in [1.82, 2.24) is 5.32 Å². The summed E-state index contributed by atoms with van der Waals surface area (Å²) in [6.07, 6.45) is 1.68. The number of piperidine rings is 1. The molecule has 0 aliphatic carbocycles. The minimum Gasteiger partial charge on any atom is -0.323 e. The lowest BCUT2D eigenvalue weighted by Gasteiger charge is -2.27. The maximum atomic E-state index is 12.3. The number of carbonyl (C=O) groups is 1. The molecule has 19 heavy (non-hydrogen) atoms. The number of anilines is 1. The second kappa shape index (κ2) is 6.12. The van der Waals surface area contributed by atoms with Crippen LogP contribution in [0.3, 0.4) is 0 Å². The topological polar surface area (TPSA) is 41.1 Å². The van der Waals surface area contributed by atoms with Crippen LogP contribution < -0.4 is 10.6 Å². The van der Waals surface area contributed by atoms with Gasteiger partial charge in [-0.1, -0.05) is 29.3 Å². The molecule has 1 saturated heterocycles. The molecule has 0 spiro atoms. The van der Waals surface area contributed by atoms with Gasteiger partial charge in [0.15, 0.2) is 0 Å². The van der Waals surface area contributed by atoms with Crippen molar-refractivity contribution >= 4 is 34.8 Å². The van der Waals surface area contributed by atoms with Crippen LogP contribution in [0.4, 0.5) is 5.69 Å². The highest BCUT2D eigenvalue weighted by Gasteiger charge is 2.25. The summed E-state index contributed by atoms with van der Waals surface area (Å²) in [5, 5.41) is 7.20. The van der Waals surface area contributed by atoms with Gasteiger partial charge in [0, 0.05) is 12.0 Å². The van der Waals surface area contributed by atoms with Gasteiger partial charge in [-0.2, -0.15) is 0 Å². The van der Waals surface area contributed by atoms with E-state index in [2.05, 4.69) is 17.6 Å². The van der Waals surface area contributed by atoms with Crippen molar-refractivity contribution in [2.75, 3.05) is 11.9 Å². The Morgan fingerprint density at radius 2 is 2.16 bits per heavy atom. The third-order valence-electron chi connectivity index (χ3n) is 3.53. The smallest absolute Gasteiger partial charge is 0.227 e. The van der Waals surface area contributed by atoms with Crippen LogP contribution in [0.2, 0.25) is 10.0 Å². The zero-order valence-electron chi connectivity index (χ0n) is 11.1. The van der Waals surface area contributed by atoms with E-state index in [-0.39, 0.29) is 11.8 Å². The van der Waals surface area contributed by atoms with E-state index in [0.717, 1.165) is 24.9 Å². The van der Waals surface area contributed by atoms with Crippen LogP contribution in [0.25, 0.3) is 0 Å². The molecule has 0 aromatic heterocycles. The van der Waals surface area contributed by atoms with Crippen LogP contribution in [0.15, 0.2) is 12.1 Å². The summed E-state index contributed by atoms with van der Waals surface area (Å²) in [5.74, 6) is 0.0200. The average Bonchev–Trinajstić information content (AvgIpc) is 2.39. The molecular formula is C14H18Cl2N2O. The molecule has 0 radical (unpaired) electrons. The first kappa shape index (κ1) is 14.6. The van der Waals surface area contributed by atoms with Crippen LogP contribution in [-0.2, 0) is 4.79 Å². The lowest BCUT2D eigenvalue weighted by Crippen LogP contribution is -2.40. The van der Waals surface area contributed by atoms with Gasteiger partial charge in [0.05, 0.1) is 15.7 Å². The summed E-state index contributed by atoms with van der Waals surface area (Å²) in [6.45, 7) is 4.85. The van der Waals surface area contributed by atoms with E-state index in [4.69, 9.17) is 23.2 Å². The molecule has 0 saturated carbocycles. The summed E-state index contributed by atoms with van der Waals surface area (Å²) in [5.41, 5.74) is 1.43. The highest BCUT2D eigenvalue weighted by atomic mass is 35.5. The van der Waals surface area contributed by atoms with Gasteiger partial charge in [0.1, 0.15) is 0 Å². The van der Waals surface area contributed by atoms with Gasteiger partial charge in [0.25, 0.3) is 0 Å². The number of amides is 1. The molecule has 2 unspecified atom stereocenters. The molecule has 0 bridgehead atoms. The van der Waals surface area contributed by atoms with Crippen molar-refractivity contribution in [3.63, 3.8) is 0 Å². The first-order valence-corrected chi connectivity index (χ1v) is 7.23. The molecule has 1 heterocycles. The van der Waals surface area contributed by atoms with Gasteiger partial charge in [-0.15, -0.1) is 0 Å². The minimum atomic E-state index is 0.00255. The van der Waals surface area contributed by atoms with E-state index >= 15 is 0 Å². The van der Waals surface area contributed by atoms with Crippen molar-refractivity contribution in [3.8, 4) is 0 Å². The summed E-state index contributed by atoms with van der Waals surface area (Å²) in [7, 11) is 0. The first-order valence-electron chi connectivity index (χ1n) is 6.48. The van der Waals surface area contributed by atoms with Crippen LogP contribution in [-0.4, -0.2) is 18.5 Å². The molecule has 5 heteroatoms. The number of rotatable bonds is 2. The van der Waals surface area contributed by atoms with Crippen LogP contribution >= 0.6 is 23.2 Å². The van der Waals surface area contributed by atoms with E-state index in [1.807, 2.05) is 13.0 Å². The van der Waals surface area contributed by atoms with E-state index in [1.54, 1.807) is 6.07 Å². The van der Waals surface area contributed by atoms with Crippen molar-refractivity contribution in [1.29, 1.82) is 0 Å². The zero-order valence-corrected chi connectivity index (χ0v) is 12.6. The first-order chi connectivity index (χ1) is 8.99. The van der Waals surface area contributed by atoms with Gasteiger partial charge in [0.2, 0.25) is 5.91 Å². The van der Waals surface area contributed by atoms with Gasteiger partial charge in [-0.3, -0.25) is 4.79 Å². The normalized spacial score (nSPS) is 23.2. The number of halogens is 2. The molecule has 2 atom stereocenters. The molecule has 1 aliphatic heterocycles. The molecular weight excluding hydrogens is 283 g/mol. The zero-order chi connectivity index (χ0) is 14.0. The van der Waals surface area contributed by atoms with E-state index in [0.29, 0.717) is 21.8 Å². The standard InChI is InChI=1S/C14H18Cl2N2O/c1-8-3-4-11(15)13(12(8)16)18-14(19)10-5-6-17-9(2)7-10/h3-4,9-10,17H,5-7H2,1-2H3,(H,18,19). The Balaban J connectivity index is 2.13. The van der Waals surface area contributed by atoms with Crippen molar-refractivity contribution < 1.29 is 4.79 Å². The lowest BCUT2D eigenvalue weighted by atomic mass is 9.92. The van der Waals surface area contributed by atoms with Gasteiger partial charge in [-0.25, -0.2) is 0 Å². The Bertz CT molecular complexity index is 491. The Labute approximate surface area is 123 Å². The number of hydrogen-bond donors (Lipinski definition) is 2. The summed E-state index contributed by atoms with van der Waals surface area (Å²) in [4.78, 5) is 12.3. The van der Waals surface area contributed by atoms with Gasteiger partial charge >= 0.3 is 0 Å². The monoisotopic (exact) mass is 300 g/mol. The summed E-state index contributed by atoms with van der Waals surface area (Å²) in [6, 6.07) is 3.96. The molecule has 2 rings (SSSR count). The largest absolute Gasteiger partial charge is 0.323 e. The van der Waals surface area contributed by atoms with Gasteiger partial charge in [-0.05, 0) is 44.9 Å². The predicted molar refractivity (Wildman–Crippen MR) is 80.0 cm³/mol. The van der Waals surface area contributed by atoms with Crippen molar-refractivity contribution in [2.24, 2.45) is 5.92 Å². The Kier molecular flexibility index (Phi) is 4.71. The Hall–Kier alpha value is -0.770. The molecule has 1 aromatic rings. The molecule has 3 nitrogen and oxygen atoms in total. The summed E-state index contributed by atoms with van der Waals surface area (Å²) >= 11 is 12.3. The van der Waals surface area contributed by atoms with E-state index in [9.17, 15) is 4.79 Å². The SMILES string of the molecule is Cc1ccc(Cl)c(NC(=O)C2CCNC(C)C2)c1Cl. The van der Waals surface area contributed by atoms with Crippen LogP contribution in [0.1, 0.15) is 25.3 Å². The van der Waals surface area contributed by atoms with E-state index in [1.165, 1.54) is 0 Å². The maximum Gasteiger partial charge on any atom is 0.227 e. The number of hydrogen-bond acceptors (Lipinski definition) is 2. The molecule has 2 N–H and O–H groups in total. The predicted octanol–water partition coefficient (Wildman–Crippen LogP) is 3.63. The molecule has 1 aliphatic rings. The lowest BCUT2D eigenvalue weighted by molar-refractivity contribution is -0.120. The number of benzene rings is 1. The fourth-order valence-electron chi connectivity index (χ4n) is 2.37. The number of carbonyl (C=O) groups excluding carboxylic acids is 1. The second-order valence-corrected chi connectivity index (χ2v) is 5.90. The Morgan fingerprint density at radius 1 is 1.42 bits per heavy atom. The molecule has 104 valence electrons. The fourth-order valence-corrected chi connectivity index (χ4v) is 2.83. The van der Waals surface area contributed by atoms with Crippen LogP contribution in [0.5, 0.6) is 0 Å². The number of nitrogens with one attached hydrogen (secondary N) is 2. The van der Waals surface area contributed by atoms with Crippen molar-refractivity contribution in [2.45, 2.75) is 32.7 Å². The average molecular weight is 301 g/mol. The Morgan fingerprint density at radius 3 is 2.84 bits per heavy atom. The third-order valence-corrected chi connectivity index (χ3v) is 4.33. The minimum absolute atomic E-state index is 0.00255. The second-order valence-electron chi connectivity index (χ2n) is 5.12. The quantitative estimate of drug-likeness (QED) is 0.876. The van der Waals surface area contributed by atoms with Crippen molar-refractivity contribution in [3.05, 3.63) is 27.7 Å². The van der Waals surface area contributed by atoms with Crippen LogP contribution in [0, 0.1) is 12.8 Å². The molecule has 1 fully saturated rings. The molecule has 1 aromatic carbocycles. The van der Waals surface area contributed by atoms with E-state index < -0.39 is 0 Å². The third kappa shape index (κ3) is 3.41. The molecule has 1 amide bonds. The number of aryl methyl sites for hydroxylation is 1. The highest BCUT2D eigenvalue weighted by Crippen LogP contribution is 2.33. The highest BCUT2D eigenvalue weighted by molar-refractivity contribution is 6.40. The maximum absolute atomic E-state index is 12.3. The van der Waals surface area contributed by atoms with Gasteiger partial charge < -0.3 is 10.6 Å².